The molecule has 2 heteroatoms. The Bertz CT molecular complexity index is 144. The van der Waals surface area contributed by atoms with E-state index in [9.17, 15) is 4.79 Å². The van der Waals surface area contributed by atoms with Gasteiger partial charge in [-0.2, -0.15) is 0 Å². The van der Waals surface area contributed by atoms with Gasteiger partial charge in [-0.25, -0.2) is 0 Å². The number of hydrogen-bond acceptors (Lipinski definition) is 1. The predicted molar refractivity (Wildman–Crippen MR) is 45.2 cm³/mol. The lowest BCUT2D eigenvalue weighted by atomic mass is 10.1. The number of carbonyl (C=O) groups excluding carboxylic acids is 1. The molecule has 11 heavy (non-hydrogen) atoms. The van der Waals surface area contributed by atoms with Gasteiger partial charge in [0.15, 0.2) is 0 Å². The van der Waals surface area contributed by atoms with E-state index in [1.807, 2.05) is 0 Å². The molecule has 0 aromatic rings. The van der Waals surface area contributed by atoms with Gasteiger partial charge < -0.3 is 5.32 Å². The molecule has 0 radical (unpaired) electrons. The van der Waals surface area contributed by atoms with Crippen molar-refractivity contribution >= 4 is 5.91 Å². The minimum absolute atomic E-state index is 0.117. The Labute approximate surface area is 68.4 Å². The Morgan fingerprint density at radius 1 is 1.55 bits per heavy atom. The van der Waals surface area contributed by atoms with Crippen LogP contribution in [0.2, 0.25) is 0 Å². The molecule has 2 atom stereocenters. The van der Waals surface area contributed by atoms with Gasteiger partial charge in [0.2, 0.25) is 5.91 Å². The number of rotatable bonds is 2. The number of nitrogens with one attached hydrogen (secondary N) is 1. The summed E-state index contributed by atoms with van der Waals surface area (Å²) in [5, 5.41) is 2.97. The summed E-state index contributed by atoms with van der Waals surface area (Å²) in [5.41, 5.74) is 0. The molecule has 0 bridgehead atoms. The van der Waals surface area contributed by atoms with E-state index in [-0.39, 0.29) is 5.91 Å². The van der Waals surface area contributed by atoms with Crippen molar-refractivity contribution in [3.05, 3.63) is 0 Å². The van der Waals surface area contributed by atoms with Crippen molar-refractivity contribution in [1.82, 2.24) is 5.32 Å². The maximum absolute atomic E-state index is 10.7. The molecular weight excluding hydrogens is 138 g/mol. The van der Waals surface area contributed by atoms with Crippen molar-refractivity contribution in [2.75, 3.05) is 0 Å². The van der Waals surface area contributed by atoms with Gasteiger partial charge in [0.05, 0.1) is 0 Å². The van der Waals surface area contributed by atoms with Crippen LogP contribution in [0.5, 0.6) is 0 Å². The molecule has 1 saturated carbocycles. The predicted octanol–water partition coefficient (Wildman–Crippen LogP) is 1.70. The van der Waals surface area contributed by atoms with Crippen LogP contribution in [0.4, 0.5) is 0 Å². The number of hydrogen-bond donors (Lipinski definition) is 1. The molecule has 1 aliphatic rings. The van der Waals surface area contributed by atoms with Gasteiger partial charge in [-0.15, -0.1) is 0 Å². The van der Waals surface area contributed by atoms with E-state index in [4.69, 9.17) is 0 Å². The second-order valence-electron chi connectivity index (χ2n) is 3.48. The molecule has 1 aliphatic carbocycles. The second-order valence-corrected chi connectivity index (χ2v) is 3.48. The third-order valence-electron chi connectivity index (χ3n) is 2.53. The molecule has 0 aliphatic heterocycles. The van der Waals surface area contributed by atoms with Crippen LogP contribution in [0, 0.1) is 5.92 Å². The van der Waals surface area contributed by atoms with Crippen molar-refractivity contribution in [3.63, 3.8) is 0 Å². The van der Waals surface area contributed by atoms with E-state index in [0.717, 1.165) is 5.92 Å². The summed E-state index contributed by atoms with van der Waals surface area (Å²) >= 11 is 0. The highest BCUT2D eigenvalue weighted by atomic mass is 16.1. The highest BCUT2D eigenvalue weighted by molar-refractivity contribution is 5.73. The van der Waals surface area contributed by atoms with Gasteiger partial charge in [0.25, 0.3) is 0 Å². The zero-order valence-corrected chi connectivity index (χ0v) is 7.39. The molecule has 1 amide bonds. The summed E-state index contributed by atoms with van der Waals surface area (Å²) in [5.74, 6) is 0.971. The fraction of sp³-hybridized carbons (Fsp3) is 0.889. The smallest absolute Gasteiger partial charge is 0.217 e. The quantitative estimate of drug-likeness (QED) is 0.646. The van der Waals surface area contributed by atoms with Crippen LogP contribution in [-0.4, -0.2) is 11.9 Å². The summed E-state index contributed by atoms with van der Waals surface area (Å²) in [4.78, 5) is 10.7. The van der Waals surface area contributed by atoms with E-state index < -0.39 is 0 Å². The molecule has 1 unspecified atom stereocenters. The largest absolute Gasteiger partial charge is 0.354 e. The van der Waals surface area contributed by atoms with Gasteiger partial charge in [0.1, 0.15) is 0 Å². The molecule has 2 nitrogen and oxygen atoms in total. The standard InChI is InChI=1S/C9H17NO/c1-3-8-4-5-9(6-8)10-7(2)11/h8-9H,3-6H2,1-2H3,(H,10,11)/t8-,9?/m1/s1. The molecule has 0 spiro atoms. The molecule has 64 valence electrons. The molecule has 0 aromatic heterocycles. The molecular formula is C9H17NO. The van der Waals surface area contributed by atoms with Crippen LogP contribution in [-0.2, 0) is 4.79 Å². The average Bonchev–Trinajstić information content (AvgIpc) is 2.34. The lowest BCUT2D eigenvalue weighted by Crippen LogP contribution is -2.30. The Morgan fingerprint density at radius 3 is 2.73 bits per heavy atom. The monoisotopic (exact) mass is 155 g/mol. The lowest BCUT2D eigenvalue weighted by Gasteiger charge is -2.10. The molecule has 1 rings (SSSR count). The number of amides is 1. The fourth-order valence-electron chi connectivity index (χ4n) is 1.86. The minimum atomic E-state index is 0.117. The van der Waals surface area contributed by atoms with E-state index in [1.54, 1.807) is 6.92 Å². The van der Waals surface area contributed by atoms with Gasteiger partial charge in [0, 0.05) is 13.0 Å². The summed E-state index contributed by atoms with van der Waals surface area (Å²) in [6, 6.07) is 0.470. The molecule has 0 aromatic carbocycles. The molecule has 1 N–H and O–H groups in total. The Hall–Kier alpha value is -0.530. The van der Waals surface area contributed by atoms with Crippen LogP contribution < -0.4 is 5.32 Å². The fourth-order valence-corrected chi connectivity index (χ4v) is 1.86. The van der Waals surface area contributed by atoms with E-state index in [0.29, 0.717) is 6.04 Å². The van der Waals surface area contributed by atoms with Crippen LogP contribution in [0.1, 0.15) is 39.5 Å². The summed E-state index contributed by atoms with van der Waals surface area (Å²) in [6.45, 7) is 3.82. The van der Waals surface area contributed by atoms with Crippen molar-refractivity contribution in [1.29, 1.82) is 0 Å². The van der Waals surface area contributed by atoms with Crippen LogP contribution >= 0.6 is 0 Å². The lowest BCUT2D eigenvalue weighted by molar-refractivity contribution is -0.119. The molecule has 0 saturated heterocycles. The van der Waals surface area contributed by atoms with Crippen LogP contribution in [0.3, 0.4) is 0 Å². The Kier molecular flexibility index (Phi) is 2.92. The van der Waals surface area contributed by atoms with Gasteiger partial charge >= 0.3 is 0 Å². The Morgan fingerprint density at radius 2 is 2.27 bits per heavy atom. The first-order chi connectivity index (χ1) is 5.22. The average molecular weight is 155 g/mol. The third kappa shape index (κ3) is 2.52. The first-order valence-electron chi connectivity index (χ1n) is 4.49. The summed E-state index contributed by atoms with van der Waals surface area (Å²) < 4.78 is 0. The van der Waals surface area contributed by atoms with Crippen molar-refractivity contribution < 1.29 is 4.79 Å². The topological polar surface area (TPSA) is 29.1 Å². The SMILES string of the molecule is CC[C@@H]1CCC(NC(C)=O)C1. The zero-order chi connectivity index (χ0) is 8.27. The van der Waals surface area contributed by atoms with Gasteiger partial charge in [-0.05, 0) is 25.2 Å². The van der Waals surface area contributed by atoms with Gasteiger partial charge in [-0.1, -0.05) is 13.3 Å². The zero-order valence-electron chi connectivity index (χ0n) is 7.39. The maximum Gasteiger partial charge on any atom is 0.217 e. The highest BCUT2D eigenvalue weighted by Gasteiger charge is 2.23. The van der Waals surface area contributed by atoms with Crippen LogP contribution in [0.25, 0.3) is 0 Å². The van der Waals surface area contributed by atoms with Gasteiger partial charge in [-0.3, -0.25) is 4.79 Å². The highest BCUT2D eigenvalue weighted by Crippen LogP contribution is 2.27. The maximum atomic E-state index is 10.7. The van der Waals surface area contributed by atoms with Crippen molar-refractivity contribution in [2.45, 2.75) is 45.6 Å². The summed E-state index contributed by atoms with van der Waals surface area (Å²) in [6.07, 6.45) is 4.92. The first kappa shape index (κ1) is 8.57. The van der Waals surface area contributed by atoms with E-state index in [2.05, 4.69) is 12.2 Å². The number of carbonyl (C=O) groups is 1. The van der Waals surface area contributed by atoms with E-state index in [1.165, 1.54) is 25.7 Å². The van der Waals surface area contributed by atoms with Crippen LogP contribution in [0.15, 0.2) is 0 Å². The third-order valence-corrected chi connectivity index (χ3v) is 2.53. The van der Waals surface area contributed by atoms with E-state index >= 15 is 0 Å². The van der Waals surface area contributed by atoms with Crippen molar-refractivity contribution in [3.8, 4) is 0 Å². The Balaban J connectivity index is 2.24. The minimum Gasteiger partial charge on any atom is -0.354 e. The molecule has 0 heterocycles. The normalized spacial score (nSPS) is 30.4. The first-order valence-corrected chi connectivity index (χ1v) is 4.49. The summed E-state index contributed by atoms with van der Waals surface area (Å²) in [7, 11) is 0. The second kappa shape index (κ2) is 3.74. The molecule has 1 fully saturated rings. The van der Waals surface area contributed by atoms with Crippen molar-refractivity contribution in [2.24, 2.45) is 5.92 Å².